The number of carbonyl (C=O) groups is 1. The average Bonchev–Trinajstić information content (AvgIpc) is 3.08. The van der Waals surface area contributed by atoms with Gasteiger partial charge >= 0.3 is 0 Å². The molecule has 0 bridgehead atoms. The maximum atomic E-state index is 13.0. The summed E-state index contributed by atoms with van der Waals surface area (Å²) in [7, 11) is -3.36. The van der Waals surface area contributed by atoms with Gasteiger partial charge in [0.05, 0.1) is 5.75 Å². The van der Waals surface area contributed by atoms with Crippen molar-refractivity contribution >= 4 is 15.9 Å². The Hall–Kier alpha value is -1.48. The number of hydrogen-bond acceptors (Lipinski definition) is 6. The van der Waals surface area contributed by atoms with Crippen molar-refractivity contribution in [2.45, 2.75) is 64.3 Å². The van der Waals surface area contributed by atoms with Gasteiger partial charge in [0.1, 0.15) is 6.04 Å². The van der Waals surface area contributed by atoms with Crippen LogP contribution in [0.2, 0.25) is 0 Å². The highest BCUT2D eigenvalue weighted by molar-refractivity contribution is 7.89. The van der Waals surface area contributed by atoms with Gasteiger partial charge in [-0.2, -0.15) is 9.29 Å². The molecule has 0 radical (unpaired) electrons. The minimum absolute atomic E-state index is 0.0514. The Balaban J connectivity index is 1.64. The number of rotatable bonds is 5. The van der Waals surface area contributed by atoms with Crippen LogP contribution in [0, 0.1) is 6.92 Å². The highest BCUT2D eigenvalue weighted by Gasteiger charge is 2.39. The van der Waals surface area contributed by atoms with Gasteiger partial charge in [-0.25, -0.2) is 8.42 Å². The van der Waals surface area contributed by atoms with Gasteiger partial charge in [-0.15, -0.1) is 0 Å². The van der Waals surface area contributed by atoms with Crippen molar-refractivity contribution in [1.29, 1.82) is 0 Å². The van der Waals surface area contributed by atoms with Gasteiger partial charge in [-0.05, 0) is 39.0 Å². The number of aryl methyl sites for hydroxylation is 1. The van der Waals surface area contributed by atoms with Gasteiger partial charge in [-0.3, -0.25) is 4.79 Å². The first kappa shape index (κ1) is 19.3. The Morgan fingerprint density at radius 3 is 2.54 bits per heavy atom. The van der Waals surface area contributed by atoms with E-state index in [-0.39, 0.29) is 17.6 Å². The molecule has 2 fully saturated rings. The van der Waals surface area contributed by atoms with Gasteiger partial charge in [0.15, 0.2) is 5.82 Å². The van der Waals surface area contributed by atoms with Crippen LogP contribution >= 0.6 is 0 Å². The number of piperidine rings is 2. The Labute approximate surface area is 155 Å². The SMILES string of the molecule is CCCS(=O)(=O)N1CCCCC1C(=O)N1CCC(c2nc(C)no2)CC1. The van der Waals surface area contributed by atoms with Gasteiger partial charge < -0.3 is 9.42 Å². The zero-order chi connectivity index (χ0) is 18.7. The van der Waals surface area contributed by atoms with Crippen LogP contribution in [0.15, 0.2) is 4.52 Å². The van der Waals surface area contributed by atoms with E-state index in [4.69, 9.17) is 4.52 Å². The average molecular weight is 385 g/mol. The lowest BCUT2D eigenvalue weighted by atomic mass is 9.95. The summed E-state index contributed by atoms with van der Waals surface area (Å²) >= 11 is 0. The molecule has 2 saturated heterocycles. The predicted octanol–water partition coefficient (Wildman–Crippen LogP) is 1.68. The molecule has 9 heteroatoms. The molecular weight excluding hydrogens is 356 g/mol. The van der Waals surface area contributed by atoms with Gasteiger partial charge in [-0.1, -0.05) is 18.5 Å². The van der Waals surface area contributed by atoms with Crippen molar-refractivity contribution < 1.29 is 17.7 Å². The highest BCUT2D eigenvalue weighted by Crippen LogP contribution is 2.29. The van der Waals surface area contributed by atoms with E-state index < -0.39 is 16.1 Å². The van der Waals surface area contributed by atoms with Crippen molar-refractivity contribution in [2.75, 3.05) is 25.4 Å². The molecule has 1 aromatic heterocycles. The number of likely N-dealkylation sites (tertiary alicyclic amines) is 1. The van der Waals surface area contributed by atoms with Crippen LogP contribution in [0.1, 0.15) is 63.1 Å². The standard InChI is InChI=1S/C17H28N4O4S/c1-3-12-26(23,24)21-9-5-4-6-15(21)17(22)20-10-7-14(8-11-20)16-18-13(2)19-25-16/h14-15H,3-12H2,1-2H3. The zero-order valence-corrected chi connectivity index (χ0v) is 16.4. The van der Waals surface area contributed by atoms with Gasteiger partial charge in [0.2, 0.25) is 21.8 Å². The minimum Gasteiger partial charge on any atom is -0.341 e. The van der Waals surface area contributed by atoms with E-state index in [0.717, 1.165) is 25.7 Å². The summed E-state index contributed by atoms with van der Waals surface area (Å²) in [6.45, 7) is 5.30. The lowest BCUT2D eigenvalue weighted by Gasteiger charge is -2.38. The third-order valence-electron chi connectivity index (χ3n) is 5.26. The molecule has 3 rings (SSSR count). The van der Waals surface area contributed by atoms with Gasteiger partial charge in [0.25, 0.3) is 0 Å². The molecule has 1 aromatic rings. The molecule has 2 aliphatic heterocycles. The van der Waals surface area contributed by atoms with Crippen molar-refractivity contribution in [3.63, 3.8) is 0 Å². The fourth-order valence-corrected chi connectivity index (χ4v) is 5.64. The quantitative estimate of drug-likeness (QED) is 0.766. The Bertz CT molecular complexity index is 725. The number of hydrogen-bond donors (Lipinski definition) is 0. The third kappa shape index (κ3) is 4.09. The summed E-state index contributed by atoms with van der Waals surface area (Å²) in [4.78, 5) is 19.1. The normalized spacial score (nSPS) is 23.3. The minimum atomic E-state index is -3.36. The Morgan fingerprint density at radius 1 is 1.19 bits per heavy atom. The molecule has 0 aliphatic carbocycles. The van der Waals surface area contributed by atoms with E-state index in [1.165, 1.54) is 4.31 Å². The molecule has 146 valence electrons. The molecule has 8 nitrogen and oxygen atoms in total. The monoisotopic (exact) mass is 384 g/mol. The van der Waals surface area contributed by atoms with E-state index in [1.54, 1.807) is 6.92 Å². The molecule has 0 N–H and O–H groups in total. The second-order valence-corrected chi connectivity index (χ2v) is 9.26. The van der Waals surface area contributed by atoms with E-state index >= 15 is 0 Å². The summed E-state index contributed by atoms with van der Waals surface area (Å²) in [5.41, 5.74) is 0. The highest BCUT2D eigenvalue weighted by atomic mass is 32.2. The van der Waals surface area contributed by atoms with Crippen LogP contribution in [0.5, 0.6) is 0 Å². The lowest BCUT2D eigenvalue weighted by molar-refractivity contribution is -0.137. The third-order valence-corrected chi connectivity index (χ3v) is 7.33. The fourth-order valence-electron chi connectivity index (χ4n) is 3.90. The molecular formula is C17H28N4O4S. The van der Waals surface area contributed by atoms with Crippen LogP contribution < -0.4 is 0 Å². The molecule has 3 heterocycles. The number of sulfonamides is 1. The number of aromatic nitrogens is 2. The predicted molar refractivity (Wildman–Crippen MR) is 96.0 cm³/mol. The smallest absolute Gasteiger partial charge is 0.241 e. The number of carbonyl (C=O) groups excluding carboxylic acids is 1. The van der Waals surface area contributed by atoms with Crippen LogP contribution in [0.4, 0.5) is 0 Å². The van der Waals surface area contributed by atoms with E-state index in [1.807, 2.05) is 11.8 Å². The van der Waals surface area contributed by atoms with E-state index in [2.05, 4.69) is 10.1 Å². The molecule has 0 saturated carbocycles. The van der Waals surface area contributed by atoms with Crippen molar-refractivity contribution in [2.24, 2.45) is 0 Å². The van der Waals surface area contributed by atoms with Crippen LogP contribution in [0.25, 0.3) is 0 Å². The largest absolute Gasteiger partial charge is 0.341 e. The first-order valence-electron chi connectivity index (χ1n) is 9.51. The van der Waals surface area contributed by atoms with Crippen molar-refractivity contribution in [3.05, 3.63) is 11.7 Å². The summed E-state index contributed by atoms with van der Waals surface area (Å²) < 4.78 is 31.8. The summed E-state index contributed by atoms with van der Waals surface area (Å²) in [5, 5.41) is 3.83. The topological polar surface area (TPSA) is 96.6 Å². The second-order valence-electron chi connectivity index (χ2n) is 7.22. The molecule has 0 aromatic carbocycles. The molecule has 26 heavy (non-hydrogen) atoms. The molecule has 0 spiro atoms. The molecule has 1 atom stereocenters. The molecule has 1 amide bonds. The molecule has 2 aliphatic rings. The van der Waals surface area contributed by atoms with Crippen molar-refractivity contribution in [3.8, 4) is 0 Å². The fraction of sp³-hybridized carbons (Fsp3) is 0.824. The van der Waals surface area contributed by atoms with Crippen LogP contribution in [-0.2, 0) is 14.8 Å². The maximum absolute atomic E-state index is 13.0. The summed E-state index contributed by atoms with van der Waals surface area (Å²) in [6, 6.07) is -0.539. The van der Waals surface area contributed by atoms with Crippen LogP contribution in [0.3, 0.4) is 0 Å². The van der Waals surface area contributed by atoms with E-state index in [9.17, 15) is 13.2 Å². The lowest BCUT2D eigenvalue weighted by Crippen LogP contribution is -2.54. The Morgan fingerprint density at radius 2 is 1.92 bits per heavy atom. The van der Waals surface area contributed by atoms with Crippen molar-refractivity contribution in [1.82, 2.24) is 19.3 Å². The number of amides is 1. The first-order chi connectivity index (χ1) is 12.4. The first-order valence-corrected chi connectivity index (χ1v) is 11.1. The molecule has 1 unspecified atom stereocenters. The maximum Gasteiger partial charge on any atom is 0.241 e. The second kappa shape index (κ2) is 8.04. The Kier molecular flexibility index (Phi) is 5.96. The number of nitrogens with zero attached hydrogens (tertiary/aromatic N) is 4. The summed E-state index contributed by atoms with van der Waals surface area (Å²) in [5.74, 6) is 1.49. The van der Waals surface area contributed by atoms with Crippen LogP contribution in [-0.4, -0.2) is 65.1 Å². The zero-order valence-electron chi connectivity index (χ0n) is 15.6. The van der Waals surface area contributed by atoms with Gasteiger partial charge in [0, 0.05) is 25.6 Å². The van der Waals surface area contributed by atoms with E-state index in [0.29, 0.717) is 44.2 Å². The summed E-state index contributed by atoms with van der Waals surface area (Å²) in [6.07, 6.45) is 4.43.